The molecule has 0 aliphatic rings. The van der Waals surface area contributed by atoms with Crippen LogP contribution in [0.15, 0.2) is 24.3 Å². The molecular formula is C17H26O4. The van der Waals surface area contributed by atoms with Gasteiger partial charge < -0.3 is 14.6 Å². The number of carbonyl (C=O) groups excluding carboxylic acids is 1. The molecule has 0 bridgehead atoms. The van der Waals surface area contributed by atoms with Gasteiger partial charge in [-0.15, -0.1) is 0 Å². The van der Waals surface area contributed by atoms with Gasteiger partial charge in [-0.2, -0.15) is 0 Å². The molecule has 1 N–H and O–H groups in total. The van der Waals surface area contributed by atoms with Gasteiger partial charge in [0.25, 0.3) is 0 Å². The number of benzene rings is 1. The van der Waals surface area contributed by atoms with Gasteiger partial charge in [0.2, 0.25) is 0 Å². The highest BCUT2D eigenvalue weighted by atomic mass is 16.5. The van der Waals surface area contributed by atoms with Gasteiger partial charge in [0.1, 0.15) is 11.5 Å². The van der Waals surface area contributed by atoms with E-state index in [1.165, 1.54) is 0 Å². The molecule has 0 saturated heterocycles. The van der Waals surface area contributed by atoms with Crippen LogP contribution in [0.1, 0.15) is 32.8 Å². The summed E-state index contributed by atoms with van der Waals surface area (Å²) in [5.41, 5.74) is 1.05. The van der Waals surface area contributed by atoms with Crippen molar-refractivity contribution >= 4 is 5.78 Å². The zero-order valence-corrected chi connectivity index (χ0v) is 13.3. The number of Topliss-reactive ketones (excluding diaryl/α,β-unsaturated/α-hetero) is 1. The zero-order chi connectivity index (χ0) is 15.8. The Kier molecular flexibility index (Phi) is 7.40. The highest BCUT2D eigenvalue weighted by molar-refractivity contribution is 5.80. The molecule has 0 aromatic heterocycles. The van der Waals surface area contributed by atoms with Gasteiger partial charge in [-0.25, -0.2) is 0 Å². The maximum atomic E-state index is 11.6. The Balaban J connectivity index is 2.31. The lowest BCUT2D eigenvalue weighted by Crippen LogP contribution is -2.26. The third kappa shape index (κ3) is 6.27. The van der Waals surface area contributed by atoms with Crippen molar-refractivity contribution in [1.82, 2.24) is 0 Å². The number of hydrogen-bond acceptors (Lipinski definition) is 4. The van der Waals surface area contributed by atoms with Crippen molar-refractivity contribution in [3.8, 4) is 5.75 Å². The molecule has 0 unspecified atom stereocenters. The fraction of sp³-hybridized carbons (Fsp3) is 0.588. The van der Waals surface area contributed by atoms with Crippen LogP contribution >= 0.6 is 0 Å². The minimum atomic E-state index is -0.643. The van der Waals surface area contributed by atoms with E-state index in [4.69, 9.17) is 9.47 Å². The van der Waals surface area contributed by atoms with E-state index in [9.17, 15) is 9.90 Å². The Hall–Kier alpha value is -1.39. The molecule has 1 rings (SSSR count). The average molecular weight is 294 g/mol. The molecule has 21 heavy (non-hydrogen) atoms. The molecule has 0 spiro atoms. The molecule has 1 aromatic carbocycles. The second-order valence-corrected chi connectivity index (χ2v) is 5.73. The minimum Gasteiger partial charge on any atom is -0.497 e. The fourth-order valence-corrected chi connectivity index (χ4v) is 1.84. The lowest BCUT2D eigenvalue weighted by molar-refractivity contribution is -0.124. The van der Waals surface area contributed by atoms with Crippen molar-refractivity contribution < 1.29 is 19.4 Å². The summed E-state index contributed by atoms with van der Waals surface area (Å²) >= 11 is 0. The normalized spacial score (nSPS) is 14.0. The second-order valence-electron chi connectivity index (χ2n) is 5.73. The van der Waals surface area contributed by atoms with Gasteiger partial charge in [0.15, 0.2) is 0 Å². The van der Waals surface area contributed by atoms with Gasteiger partial charge >= 0.3 is 0 Å². The van der Waals surface area contributed by atoms with Gasteiger partial charge in [0.05, 0.1) is 26.4 Å². The first kappa shape index (κ1) is 17.7. The number of hydrogen-bond donors (Lipinski definition) is 1. The van der Waals surface area contributed by atoms with Crippen LogP contribution in [0.25, 0.3) is 0 Å². The largest absolute Gasteiger partial charge is 0.497 e. The van der Waals surface area contributed by atoms with Gasteiger partial charge in [-0.3, -0.25) is 4.79 Å². The number of rotatable bonds is 9. The molecule has 0 heterocycles. The highest BCUT2D eigenvalue weighted by Gasteiger charge is 2.19. The van der Waals surface area contributed by atoms with Gasteiger partial charge in [-0.05, 0) is 17.7 Å². The van der Waals surface area contributed by atoms with Crippen molar-refractivity contribution in [1.29, 1.82) is 0 Å². The van der Waals surface area contributed by atoms with E-state index in [1.54, 1.807) is 7.11 Å². The predicted molar refractivity (Wildman–Crippen MR) is 82.3 cm³/mol. The lowest BCUT2D eigenvalue weighted by Gasteiger charge is -2.19. The molecule has 4 heteroatoms. The number of aliphatic hydroxyl groups is 1. The van der Waals surface area contributed by atoms with E-state index in [-0.39, 0.29) is 24.0 Å². The van der Waals surface area contributed by atoms with E-state index in [1.807, 2.05) is 45.0 Å². The topological polar surface area (TPSA) is 55.8 Å². The number of ketones is 1. The van der Waals surface area contributed by atoms with Crippen molar-refractivity contribution in [3.05, 3.63) is 29.8 Å². The average Bonchev–Trinajstić information content (AvgIpc) is 2.47. The molecule has 0 amide bonds. The van der Waals surface area contributed by atoms with Crippen molar-refractivity contribution in [3.63, 3.8) is 0 Å². The number of aliphatic hydroxyl groups excluding tert-OH is 1. The SMILES string of the molecule is COc1ccc(COC[C@H](C)[C@@H](O)CC(=O)C(C)C)cc1. The summed E-state index contributed by atoms with van der Waals surface area (Å²) in [6, 6.07) is 7.67. The van der Waals surface area contributed by atoms with E-state index >= 15 is 0 Å². The molecule has 0 radical (unpaired) electrons. The maximum absolute atomic E-state index is 11.6. The van der Waals surface area contributed by atoms with Crippen LogP contribution in [0, 0.1) is 11.8 Å². The van der Waals surface area contributed by atoms with E-state index < -0.39 is 6.10 Å². The molecule has 2 atom stereocenters. The Morgan fingerprint density at radius 1 is 1.19 bits per heavy atom. The summed E-state index contributed by atoms with van der Waals surface area (Å²) < 4.78 is 10.7. The minimum absolute atomic E-state index is 0.0351. The molecule has 0 saturated carbocycles. The molecule has 4 nitrogen and oxygen atoms in total. The van der Waals surface area contributed by atoms with Crippen molar-refractivity contribution in [2.24, 2.45) is 11.8 Å². The molecule has 0 fully saturated rings. The molecule has 0 aliphatic heterocycles. The second kappa shape index (κ2) is 8.80. The summed E-state index contributed by atoms with van der Waals surface area (Å²) in [5, 5.41) is 9.99. The van der Waals surface area contributed by atoms with E-state index in [2.05, 4.69) is 0 Å². The third-order valence-corrected chi connectivity index (χ3v) is 3.52. The molecular weight excluding hydrogens is 268 g/mol. The molecule has 1 aromatic rings. The first-order chi connectivity index (χ1) is 9.93. The molecule has 0 aliphatic carbocycles. The summed E-state index contributed by atoms with van der Waals surface area (Å²) in [4.78, 5) is 11.6. The summed E-state index contributed by atoms with van der Waals surface area (Å²) in [7, 11) is 1.63. The van der Waals surface area contributed by atoms with Crippen LogP contribution in [0.4, 0.5) is 0 Å². The summed E-state index contributed by atoms with van der Waals surface area (Å²) in [6.45, 7) is 6.50. The predicted octanol–water partition coefficient (Wildman–Crippen LogP) is 2.82. The van der Waals surface area contributed by atoms with Crippen LogP contribution < -0.4 is 4.74 Å². The first-order valence-electron chi connectivity index (χ1n) is 7.35. The third-order valence-electron chi connectivity index (χ3n) is 3.52. The van der Waals surface area contributed by atoms with Gasteiger partial charge in [-0.1, -0.05) is 32.9 Å². The Bertz CT molecular complexity index is 425. The molecule has 118 valence electrons. The van der Waals surface area contributed by atoms with E-state index in [0.717, 1.165) is 11.3 Å². The van der Waals surface area contributed by atoms with Gasteiger partial charge in [0, 0.05) is 18.3 Å². The Morgan fingerprint density at radius 3 is 2.33 bits per heavy atom. The summed E-state index contributed by atoms with van der Waals surface area (Å²) in [5.74, 6) is 0.803. The monoisotopic (exact) mass is 294 g/mol. The Morgan fingerprint density at radius 2 is 1.81 bits per heavy atom. The standard InChI is InChI=1S/C17H26O4/c1-12(2)16(18)9-17(19)13(3)10-21-11-14-5-7-15(20-4)8-6-14/h5-8,12-13,17,19H,9-11H2,1-4H3/t13-,17-/m0/s1. The lowest BCUT2D eigenvalue weighted by atomic mass is 9.96. The maximum Gasteiger partial charge on any atom is 0.138 e. The van der Waals surface area contributed by atoms with Crippen LogP contribution in [0.5, 0.6) is 5.75 Å². The van der Waals surface area contributed by atoms with Crippen LogP contribution in [-0.2, 0) is 16.1 Å². The first-order valence-corrected chi connectivity index (χ1v) is 7.35. The number of methoxy groups -OCH3 is 1. The fourth-order valence-electron chi connectivity index (χ4n) is 1.84. The highest BCUT2D eigenvalue weighted by Crippen LogP contribution is 2.14. The number of carbonyl (C=O) groups is 1. The van der Waals surface area contributed by atoms with Crippen LogP contribution in [-0.4, -0.2) is 30.7 Å². The van der Waals surface area contributed by atoms with E-state index in [0.29, 0.717) is 13.2 Å². The van der Waals surface area contributed by atoms with Crippen LogP contribution in [0.3, 0.4) is 0 Å². The number of ether oxygens (including phenoxy) is 2. The quantitative estimate of drug-likeness (QED) is 0.761. The smallest absolute Gasteiger partial charge is 0.138 e. The summed E-state index contributed by atoms with van der Waals surface area (Å²) in [6.07, 6.45) is -0.444. The zero-order valence-electron chi connectivity index (χ0n) is 13.3. The van der Waals surface area contributed by atoms with Crippen LogP contribution in [0.2, 0.25) is 0 Å². The van der Waals surface area contributed by atoms with Crippen molar-refractivity contribution in [2.45, 2.75) is 39.9 Å². The van der Waals surface area contributed by atoms with Crippen molar-refractivity contribution in [2.75, 3.05) is 13.7 Å². The Labute approximate surface area is 127 Å².